The van der Waals surface area contributed by atoms with Crippen molar-refractivity contribution in [3.05, 3.63) is 88.6 Å². The predicted molar refractivity (Wildman–Crippen MR) is 123 cm³/mol. The third kappa shape index (κ3) is 4.42. The van der Waals surface area contributed by atoms with Crippen LogP contribution in [0.5, 0.6) is 28.7 Å². The summed E-state index contributed by atoms with van der Waals surface area (Å²) in [7, 11) is 4.34. The molecule has 3 aromatic carbocycles. The zero-order chi connectivity index (χ0) is 25.1. The third-order valence-electron chi connectivity index (χ3n) is 5.48. The van der Waals surface area contributed by atoms with Crippen molar-refractivity contribution in [3.63, 3.8) is 0 Å². The highest BCUT2D eigenvalue weighted by Gasteiger charge is 2.31. The first kappa shape index (κ1) is 23.4. The molecule has 0 bridgehead atoms. The van der Waals surface area contributed by atoms with Gasteiger partial charge in [-0.2, -0.15) is 5.26 Å². The standard InChI is InChI=1S/C26H21FN2O6/c1-31-21-10-15(11-22(32-2)24(21)33-3)26(30)34-17-7-8-18-20(12-17)35-25(29)19(13-28)23(18)14-5-4-6-16(27)9-14/h4-12,23H,29H2,1-3H3. The molecule has 0 aliphatic carbocycles. The number of halogens is 1. The molecular weight excluding hydrogens is 455 g/mol. The molecule has 0 saturated carbocycles. The molecule has 1 atom stereocenters. The van der Waals surface area contributed by atoms with Crippen LogP contribution in [-0.2, 0) is 0 Å². The number of allylic oxidation sites excluding steroid dienone is 1. The Morgan fingerprint density at radius 1 is 1.03 bits per heavy atom. The van der Waals surface area contributed by atoms with Gasteiger partial charge >= 0.3 is 5.97 Å². The second kappa shape index (κ2) is 9.65. The highest BCUT2D eigenvalue weighted by atomic mass is 19.1. The summed E-state index contributed by atoms with van der Waals surface area (Å²) in [5.41, 5.74) is 7.44. The van der Waals surface area contributed by atoms with E-state index in [0.29, 0.717) is 28.4 Å². The van der Waals surface area contributed by atoms with Crippen molar-refractivity contribution in [2.45, 2.75) is 5.92 Å². The van der Waals surface area contributed by atoms with E-state index in [1.165, 1.54) is 51.7 Å². The molecule has 0 fully saturated rings. The number of nitrogens with zero attached hydrogens (tertiary/aromatic N) is 1. The molecule has 2 N–H and O–H groups in total. The summed E-state index contributed by atoms with van der Waals surface area (Å²) < 4.78 is 40.9. The van der Waals surface area contributed by atoms with Gasteiger partial charge in [0.2, 0.25) is 11.6 Å². The fraction of sp³-hybridized carbons (Fsp3) is 0.154. The number of ether oxygens (including phenoxy) is 5. The fourth-order valence-corrected chi connectivity index (χ4v) is 3.89. The lowest BCUT2D eigenvalue weighted by Crippen LogP contribution is -2.21. The number of fused-ring (bicyclic) bond motifs is 1. The molecule has 0 aromatic heterocycles. The number of methoxy groups -OCH3 is 3. The molecular formula is C26H21FN2O6. The van der Waals surface area contributed by atoms with Crippen molar-refractivity contribution < 1.29 is 32.9 Å². The van der Waals surface area contributed by atoms with E-state index in [-0.39, 0.29) is 28.5 Å². The van der Waals surface area contributed by atoms with Crippen LogP contribution < -0.4 is 29.4 Å². The van der Waals surface area contributed by atoms with Crippen LogP contribution in [0.15, 0.2) is 66.1 Å². The van der Waals surface area contributed by atoms with Crippen LogP contribution >= 0.6 is 0 Å². The summed E-state index contributed by atoms with van der Waals surface area (Å²) in [5, 5.41) is 9.65. The summed E-state index contributed by atoms with van der Waals surface area (Å²) in [6.45, 7) is 0. The van der Waals surface area contributed by atoms with Crippen LogP contribution in [0.25, 0.3) is 0 Å². The largest absolute Gasteiger partial charge is 0.493 e. The summed E-state index contributed by atoms with van der Waals surface area (Å²) in [4.78, 5) is 12.9. The number of esters is 1. The molecule has 0 amide bonds. The first-order valence-corrected chi connectivity index (χ1v) is 10.4. The minimum Gasteiger partial charge on any atom is -0.493 e. The van der Waals surface area contributed by atoms with E-state index < -0.39 is 17.7 Å². The van der Waals surface area contributed by atoms with E-state index in [0.717, 1.165) is 0 Å². The van der Waals surface area contributed by atoms with Gasteiger partial charge in [0.25, 0.3) is 0 Å². The molecule has 1 unspecified atom stereocenters. The summed E-state index contributed by atoms with van der Waals surface area (Å²) in [6.07, 6.45) is 0. The van der Waals surface area contributed by atoms with Crippen molar-refractivity contribution in [2.24, 2.45) is 5.73 Å². The minimum atomic E-state index is -0.678. The Morgan fingerprint density at radius 2 is 1.74 bits per heavy atom. The first-order chi connectivity index (χ1) is 16.9. The van der Waals surface area contributed by atoms with E-state index >= 15 is 0 Å². The van der Waals surface area contributed by atoms with Crippen LogP contribution in [0.1, 0.15) is 27.4 Å². The number of carbonyl (C=O) groups excluding carboxylic acids is 1. The van der Waals surface area contributed by atoms with Gasteiger partial charge in [-0.1, -0.05) is 18.2 Å². The number of hydrogen-bond acceptors (Lipinski definition) is 8. The maximum Gasteiger partial charge on any atom is 0.343 e. The molecule has 0 saturated heterocycles. The maximum atomic E-state index is 13.9. The number of nitrogens with two attached hydrogens (primary N) is 1. The molecule has 8 nitrogen and oxygen atoms in total. The van der Waals surface area contributed by atoms with Crippen LogP contribution in [0, 0.1) is 17.1 Å². The van der Waals surface area contributed by atoms with Crippen molar-refractivity contribution in [2.75, 3.05) is 21.3 Å². The number of hydrogen-bond donors (Lipinski definition) is 1. The van der Waals surface area contributed by atoms with Gasteiger partial charge in [-0.3, -0.25) is 0 Å². The van der Waals surface area contributed by atoms with Gasteiger partial charge < -0.3 is 29.4 Å². The molecule has 35 heavy (non-hydrogen) atoms. The van der Waals surface area contributed by atoms with Gasteiger partial charge in [-0.15, -0.1) is 0 Å². The van der Waals surface area contributed by atoms with Gasteiger partial charge in [0.1, 0.15) is 29.0 Å². The Labute approximate surface area is 200 Å². The molecule has 0 radical (unpaired) electrons. The smallest absolute Gasteiger partial charge is 0.343 e. The topological polar surface area (TPSA) is 113 Å². The third-order valence-corrected chi connectivity index (χ3v) is 5.48. The van der Waals surface area contributed by atoms with E-state index in [1.807, 2.05) is 6.07 Å². The van der Waals surface area contributed by atoms with Crippen molar-refractivity contribution in [1.82, 2.24) is 0 Å². The lowest BCUT2D eigenvalue weighted by atomic mass is 9.83. The Balaban J connectivity index is 1.68. The highest BCUT2D eigenvalue weighted by Crippen LogP contribution is 2.44. The van der Waals surface area contributed by atoms with E-state index in [1.54, 1.807) is 24.3 Å². The Hall–Kier alpha value is -4.71. The molecule has 1 heterocycles. The van der Waals surface area contributed by atoms with Crippen LogP contribution in [0.4, 0.5) is 4.39 Å². The Morgan fingerprint density at radius 3 is 2.34 bits per heavy atom. The Bertz CT molecular complexity index is 1350. The van der Waals surface area contributed by atoms with Crippen LogP contribution in [0.3, 0.4) is 0 Å². The number of rotatable bonds is 6. The average Bonchev–Trinajstić information content (AvgIpc) is 2.86. The van der Waals surface area contributed by atoms with Crippen molar-refractivity contribution in [1.29, 1.82) is 5.26 Å². The average molecular weight is 476 g/mol. The lowest BCUT2D eigenvalue weighted by Gasteiger charge is -2.26. The van der Waals surface area contributed by atoms with Gasteiger partial charge in [-0.05, 0) is 35.9 Å². The molecule has 0 spiro atoms. The van der Waals surface area contributed by atoms with E-state index in [4.69, 9.17) is 29.4 Å². The normalized spacial score (nSPS) is 14.3. The van der Waals surface area contributed by atoms with Crippen LogP contribution in [-0.4, -0.2) is 27.3 Å². The van der Waals surface area contributed by atoms with Crippen molar-refractivity contribution >= 4 is 5.97 Å². The SMILES string of the molecule is COc1cc(C(=O)Oc2ccc3c(c2)OC(N)=C(C#N)C3c2cccc(F)c2)cc(OC)c1OC. The molecule has 9 heteroatoms. The monoisotopic (exact) mass is 476 g/mol. The predicted octanol–water partition coefficient (Wildman–Crippen LogP) is 4.29. The van der Waals surface area contributed by atoms with Gasteiger partial charge in [-0.25, -0.2) is 9.18 Å². The number of benzene rings is 3. The fourth-order valence-electron chi connectivity index (χ4n) is 3.89. The van der Waals surface area contributed by atoms with E-state index in [9.17, 15) is 14.4 Å². The summed E-state index contributed by atoms with van der Waals surface area (Å²) in [6, 6.07) is 15.6. The zero-order valence-corrected chi connectivity index (χ0v) is 19.1. The highest BCUT2D eigenvalue weighted by molar-refractivity contribution is 5.92. The Kier molecular flexibility index (Phi) is 6.46. The summed E-state index contributed by atoms with van der Waals surface area (Å²) >= 11 is 0. The van der Waals surface area contributed by atoms with Gasteiger partial charge in [0.05, 0.1) is 32.8 Å². The minimum absolute atomic E-state index is 0.109. The quantitative estimate of drug-likeness (QED) is 0.414. The number of carbonyl (C=O) groups is 1. The second-order valence-corrected chi connectivity index (χ2v) is 7.48. The summed E-state index contributed by atoms with van der Waals surface area (Å²) in [5.74, 6) is -0.473. The number of nitriles is 1. The van der Waals surface area contributed by atoms with Crippen LogP contribution in [0.2, 0.25) is 0 Å². The van der Waals surface area contributed by atoms with Gasteiger partial charge in [0.15, 0.2) is 11.5 Å². The second-order valence-electron chi connectivity index (χ2n) is 7.48. The molecule has 1 aliphatic rings. The lowest BCUT2D eigenvalue weighted by molar-refractivity contribution is 0.0733. The first-order valence-electron chi connectivity index (χ1n) is 10.4. The molecule has 3 aromatic rings. The molecule has 178 valence electrons. The zero-order valence-electron chi connectivity index (χ0n) is 19.1. The molecule has 1 aliphatic heterocycles. The van der Waals surface area contributed by atoms with Crippen molar-refractivity contribution in [3.8, 4) is 34.8 Å². The van der Waals surface area contributed by atoms with E-state index in [2.05, 4.69) is 0 Å². The maximum absolute atomic E-state index is 13.9. The van der Waals surface area contributed by atoms with Gasteiger partial charge in [0, 0.05) is 11.6 Å². The molecule has 4 rings (SSSR count).